The second kappa shape index (κ2) is 8.66. The summed E-state index contributed by atoms with van der Waals surface area (Å²) in [5, 5.41) is 15.4. The van der Waals surface area contributed by atoms with E-state index in [0.717, 1.165) is 22.0 Å². The maximum atomic E-state index is 12.5. The lowest BCUT2D eigenvalue weighted by molar-refractivity contribution is -0.113. The van der Waals surface area contributed by atoms with Crippen molar-refractivity contribution in [1.29, 1.82) is 0 Å². The molecule has 150 valence electrons. The molecule has 4 rings (SSSR count). The Balaban J connectivity index is 1.51. The van der Waals surface area contributed by atoms with Crippen molar-refractivity contribution in [3.05, 3.63) is 95.7 Å². The zero-order valence-corrected chi connectivity index (χ0v) is 16.7. The summed E-state index contributed by atoms with van der Waals surface area (Å²) in [6.07, 6.45) is 5.34. The van der Waals surface area contributed by atoms with Crippen molar-refractivity contribution in [2.75, 3.05) is 7.11 Å². The number of hydrogen-bond acceptors (Lipinski definition) is 4. The number of ketones is 1. The van der Waals surface area contributed by atoms with Gasteiger partial charge < -0.3 is 9.84 Å². The minimum Gasteiger partial charge on any atom is -0.504 e. The van der Waals surface area contributed by atoms with E-state index < -0.39 is 0 Å². The highest BCUT2D eigenvalue weighted by Gasteiger charge is 2.10. The van der Waals surface area contributed by atoms with E-state index in [0.29, 0.717) is 12.3 Å². The van der Waals surface area contributed by atoms with Crippen molar-refractivity contribution >= 4 is 22.8 Å². The topological polar surface area (TPSA) is 64.3 Å². The number of aromatic nitrogens is 2. The Morgan fingerprint density at radius 3 is 2.70 bits per heavy atom. The highest BCUT2D eigenvalue weighted by Crippen LogP contribution is 2.27. The summed E-state index contributed by atoms with van der Waals surface area (Å²) in [5.74, 6) is 0.425. The quantitative estimate of drug-likeness (QED) is 0.461. The molecule has 5 nitrogen and oxygen atoms in total. The molecule has 0 aliphatic heterocycles. The molecular formula is C25H22N2O3. The maximum absolute atomic E-state index is 12.5. The standard InChI is InChI=1S/C25H22N2O3/c1-30-25-13-11-18(14-24(25)29)10-12-21(28)15-20-8-5-9-23-22(20)16-26-27(23)17-19-6-3-2-4-7-19/h2-14,16,29H,15,17H2,1H3/b12-10+. The number of allylic oxidation sites excluding steroid dienone is 1. The molecule has 30 heavy (non-hydrogen) atoms. The first-order chi connectivity index (χ1) is 14.6. The average Bonchev–Trinajstić information content (AvgIpc) is 3.17. The summed E-state index contributed by atoms with van der Waals surface area (Å²) >= 11 is 0. The number of fused-ring (bicyclic) bond motifs is 1. The molecule has 3 aromatic carbocycles. The summed E-state index contributed by atoms with van der Waals surface area (Å²) in [6.45, 7) is 0.683. The van der Waals surface area contributed by atoms with E-state index in [2.05, 4.69) is 17.2 Å². The Hall–Kier alpha value is -3.86. The summed E-state index contributed by atoms with van der Waals surface area (Å²) < 4.78 is 6.99. The molecular weight excluding hydrogens is 376 g/mol. The van der Waals surface area contributed by atoms with E-state index in [4.69, 9.17) is 4.74 Å². The molecule has 1 N–H and O–H groups in total. The minimum atomic E-state index is -0.0198. The molecule has 0 saturated carbocycles. The number of carbonyl (C=O) groups is 1. The van der Waals surface area contributed by atoms with Gasteiger partial charge >= 0.3 is 0 Å². The Kier molecular flexibility index (Phi) is 5.61. The van der Waals surface area contributed by atoms with Crippen LogP contribution in [0.3, 0.4) is 0 Å². The average molecular weight is 398 g/mol. The third-order valence-corrected chi connectivity index (χ3v) is 4.98. The Morgan fingerprint density at radius 2 is 1.93 bits per heavy atom. The van der Waals surface area contributed by atoms with Gasteiger partial charge in [0.25, 0.3) is 0 Å². The van der Waals surface area contributed by atoms with Crippen LogP contribution in [-0.2, 0) is 17.8 Å². The fraction of sp³-hybridized carbons (Fsp3) is 0.120. The first-order valence-corrected chi connectivity index (χ1v) is 9.69. The molecule has 0 atom stereocenters. The molecule has 0 bridgehead atoms. The number of hydrogen-bond donors (Lipinski definition) is 1. The van der Waals surface area contributed by atoms with Gasteiger partial charge in [0, 0.05) is 11.8 Å². The van der Waals surface area contributed by atoms with E-state index in [1.165, 1.54) is 18.7 Å². The normalized spacial score (nSPS) is 11.2. The number of methoxy groups -OCH3 is 1. The molecule has 4 aromatic rings. The van der Waals surface area contributed by atoms with Gasteiger partial charge in [0.2, 0.25) is 0 Å². The lowest BCUT2D eigenvalue weighted by Crippen LogP contribution is -2.02. The Morgan fingerprint density at radius 1 is 1.10 bits per heavy atom. The van der Waals surface area contributed by atoms with E-state index in [-0.39, 0.29) is 18.0 Å². The third-order valence-electron chi connectivity index (χ3n) is 4.98. The molecule has 1 heterocycles. The van der Waals surface area contributed by atoms with Gasteiger partial charge in [0.05, 0.1) is 25.4 Å². The van der Waals surface area contributed by atoms with Gasteiger partial charge in [-0.15, -0.1) is 0 Å². The number of phenols is 1. The second-order valence-corrected chi connectivity index (χ2v) is 7.05. The molecule has 0 amide bonds. The summed E-state index contributed by atoms with van der Waals surface area (Å²) in [6, 6.07) is 21.1. The molecule has 5 heteroatoms. The number of benzene rings is 3. The van der Waals surface area contributed by atoms with Gasteiger partial charge in [0.15, 0.2) is 17.3 Å². The van der Waals surface area contributed by atoms with Crippen LogP contribution in [0.5, 0.6) is 11.5 Å². The molecule has 0 aliphatic rings. The first kappa shape index (κ1) is 19.5. The predicted molar refractivity (Wildman–Crippen MR) is 118 cm³/mol. The fourth-order valence-electron chi connectivity index (χ4n) is 3.45. The van der Waals surface area contributed by atoms with E-state index >= 15 is 0 Å². The number of carbonyl (C=O) groups excluding carboxylic acids is 1. The number of nitrogens with zero attached hydrogens (tertiary/aromatic N) is 2. The molecule has 0 aliphatic carbocycles. The van der Waals surface area contributed by atoms with Crippen molar-refractivity contribution in [2.45, 2.75) is 13.0 Å². The van der Waals surface area contributed by atoms with Crippen molar-refractivity contribution in [2.24, 2.45) is 0 Å². The van der Waals surface area contributed by atoms with Crippen molar-refractivity contribution in [3.63, 3.8) is 0 Å². The molecule has 0 fully saturated rings. The molecule has 0 radical (unpaired) electrons. The molecule has 0 unspecified atom stereocenters. The van der Waals surface area contributed by atoms with Crippen LogP contribution in [-0.4, -0.2) is 27.8 Å². The van der Waals surface area contributed by atoms with E-state index in [9.17, 15) is 9.90 Å². The predicted octanol–water partition coefficient (Wildman–Crippen LogP) is 4.62. The van der Waals surface area contributed by atoms with Crippen LogP contribution in [0.4, 0.5) is 0 Å². The lowest BCUT2D eigenvalue weighted by Gasteiger charge is -2.05. The smallest absolute Gasteiger partial charge is 0.160 e. The lowest BCUT2D eigenvalue weighted by atomic mass is 10.0. The van der Waals surface area contributed by atoms with Gasteiger partial charge in [-0.1, -0.05) is 54.6 Å². The zero-order chi connectivity index (χ0) is 20.9. The highest BCUT2D eigenvalue weighted by atomic mass is 16.5. The van der Waals surface area contributed by atoms with E-state index in [1.807, 2.05) is 47.3 Å². The van der Waals surface area contributed by atoms with Gasteiger partial charge in [-0.25, -0.2) is 0 Å². The highest BCUT2D eigenvalue weighted by molar-refractivity contribution is 5.97. The molecule has 1 aromatic heterocycles. The van der Waals surface area contributed by atoms with E-state index in [1.54, 1.807) is 24.3 Å². The first-order valence-electron chi connectivity index (χ1n) is 9.69. The van der Waals surface area contributed by atoms with Gasteiger partial charge in [0.1, 0.15) is 0 Å². The van der Waals surface area contributed by atoms with Crippen LogP contribution < -0.4 is 4.74 Å². The van der Waals surface area contributed by atoms with Crippen molar-refractivity contribution in [3.8, 4) is 11.5 Å². The minimum absolute atomic E-state index is 0.0198. The Labute approximate surface area is 174 Å². The van der Waals surface area contributed by atoms with Crippen LogP contribution in [0, 0.1) is 0 Å². The van der Waals surface area contributed by atoms with Crippen LogP contribution in [0.25, 0.3) is 17.0 Å². The molecule has 0 spiro atoms. The number of phenolic OH excluding ortho intramolecular Hbond substituents is 1. The zero-order valence-electron chi connectivity index (χ0n) is 16.7. The maximum Gasteiger partial charge on any atom is 0.160 e. The Bertz CT molecular complexity index is 1210. The van der Waals surface area contributed by atoms with Crippen molar-refractivity contribution in [1.82, 2.24) is 9.78 Å². The summed E-state index contributed by atoms with van der Waals surface area (Å²) in [7, 11) is 1.50. The summed E-state index contributed by atoms with van der Waals surface area (Å²) in [4.78, 5) is 12.5. The SMILES string of the molecule is COc1ccc(/C=C/C(=O)Cc2cccc3c2cnn3Cc2ccccc2)cc1O. The van der Waals surface area contributed by atoms with Crippen LogP contribution in [0.1, 0.15) is 16.7 Å². The third kappa shape index (κ3) is 4.25. The number of rotatable bonds is 7. The van der Waals surface area contributed by atoms with Crippen LogP contribution in [0.15, 0.2) is 79.0 Å². The second-order valence-electron chi connectivity index (χ2n) is 7.05. The van der Waals surface area contributed by atoms with Gasteiger partial charge in [-0.3, -0.25) is 9.48 Å². The van der Waals surface area contributed by atoms with Crippen LogP contribution >= 0.6 is 0 Å². The summed E-state index contributed by atoms with van der Waals surface area (Å²) in [5.41, 5.74) is 3.86. The number of aromatic hydroxyl groups is 1. The fourth-order valence-corrected chi connectivity index (χ4v) is 3.45. The van der Waals surface area contributed by atoms with Crippen LogP contribution in [0.2, 0.25) is 0 Å². The van der Waals surface area contributed by atoms with Gasteiger partial charge in [-0.05, 0) is 41.0 Å². The number of ether oxygens (including phenoxy) is 1. The largest absolute Gasteiger partial charge is 0.504 e. The van der Waals surface area contributed by atoms with Gasteiger partial charge in [-0.2, -0.15) is 5.10 Å². The monoisotopic (exact) mass is 398 g/mol. The van der Waals surface area contributed by atoms with Crippen molar-refractivity contribution < 1.29 is 14.6 Å². The molecule has 0 saturated heterocycles.